The van der Waals surface area contributed by atoms with Crippen molar-refractivity contribution in [2.75, 3.05) is 33.2 Å². The third-order valence-electron chi connectivity index (χ3n) is 3.31. The van der Waals surface area contributed by atoms with Gasteiger partial charge < -0.3 is 10.2 Å². The van der Waals surface area contributed by atoms with Gasteiger partial charge in [-0.15, -0.1) is 0 Å². The molecule has 0 rings (SSSR count). The number of likely N-dealkylation sites (N-methyl/N-ethyl adjacent to an activating group) is 2. The van der Waals surface area contributed by atoms with E-state index in [0.717, 1.165) is 13.1 Å². The van der Waals surface area contributed by atoms with E-state index in [9.17, 15) is 0 Å². The lowest BCUT2D eigenvalue weighted by atomic mass is 10.1. The molecule has 0 atom stereocenters. The number of hydrogen-bond donors (Lipinski definition) is 1. The maximum absolute atomic E-state index is 3.37. The Morgan fingerprint density at radius 1 is 0.765 bits per heavy atom. The molecule has 0 aliphatic heterocycles. The average molecular weight is 242 g/mol. The van der Waals surface area contributed by atoms with Gasteiger partial charge >= 0.3 is 0 Å². The van der Waals surface area contributed by atoms with Gasteiger partial charge in [0.15, 0.2) is 0 Å². The Bertz CT molecular complexity index is 137. The van der Waals surface area contributed by atoms with Crippen LogP contribution >= 0.6 is 0 Å². The molecule has 0 fully saturated rings. The summed E-state index contributed by atoms with van der Waals surface area (Å²) in [6.07, 6.45) is 11.3. The standard InChI is InChI=1S/C15H34N2/c1-4-6-7-8-9-10-11-12-14-17(3)15-13-16-5-2/h16H,4-15H2,1-3H3. The summed E-state index contributed by atoms with van der Waals surface area (Å²) in [5.41, 5.74) is 0. The van der Waals surface area contributed by atoms with Crippen molar-refractivity contribution in [2.24, 2.45) is 0 Å². The molecular formula is C15H34N2. The Morgan fingerprint density at radius 3 is 1.94 bits per heavy atom. The maximum Gasteiger partial charge on any atom is 0.0104 e. The fourth-order valence-electron chi connectivity index (χ4n) is 2.07. The van der Waals surface area contributed by atoms with Crippen LogP contribution in [0.2, 0.25) is 0 Å². The molecule has 0 aliphatic carbocycles. The summed E-state index contributed by atoms with van der Waals surface area (Å²) in [7, 11) is 2.23. The predicted octanol–water partition coefficient (Wildman–Crippen LogP) is 3.67. The van der Waals surface area contributed by atoms with Gasteiger partial charge in [-0.05, 0) is 26.6 Å². The summed E-state index contributed by atoms with van der Waals surface area (Å²) < 4.78 is 0. The summed E-state index contributed by atoms with van der Waals surface area (Å²) in [4.78, 5) is 2.44. The first kappa shape index (κ1) is 16.9. The number of rotatable bonds is 13. The van der Waals surface area contributed by atoms with E-state index in [1.165, 1.54) is 64.5 Å². The molecule has 0 heterocycles. The Balaban J connectivity index is 3.05. The van der Waals surface area contributed by atoms with Crippen molar-refractivity contribution in [1.82, 2.24) is 10.2 Å². The minimum Gasteiger partial charge on any atom is -0.316 e. The second-order valence-corrected chi connectivity index (χ2v) is 5.13. The molecule has 0 aromatic carbocycles. The smallest absolute Gasteiger partial charge is 0.0104 e. The van der Waals surface area contributed by atoms with E-state index >= 15 is 0 Å². The SMILES string of the molecule is CCCCCCCCCCN(C)CCNCC. The van der Waals surface area contributed by atoms with Crippen LogP contribution in [-0.4, -0.2) is 38.1 Å². The van der Waals surface area contributed by atoms with E-state index in [2.05, 4.69) is 31.1 Å². The summed E-state index contributed by atoms with van der Waals surface area (Å²) in [6.45, 7) is 9.11. The van der Waals surface area contributed by atoms with Crippen LogP contribution in [0, 0.1) is 0 Å². The zero-order chi connectivity index (χ0) is 12.8. The minimum atomic E-state index is 1.09. The molecule has 0 amide bonds. The van der Waals surface area contributed by atoms with Gasteiger partial charge in [-0.25, -0.2) is 0 Å². The van der Waals surface area contributed by atoms with Crippen LogP contribution in [0.5, 0.6) is 0 Å². The first-order chi connectivity index (χ1) is 8.31. The van der Waals surface area contributed by atoms with Crippen LogP contribution in [0.1, 0.15) is 65.2 Å². The molecular weight excluding hydrogens is 208 g/mol. The van der Waals surface area contributed by atoms with Gasteiger partial charge in [0.2, 0.25) is 0 Å². The highest BCUT2D eigenvalue weighted by Gasteiger charge is 1.97. The average Bonchev–Trinajstić information content (AvgIpc) is 2.33. The zero-order valence-corrected chi connectivity index (χ0v) is 12.4. The van der Waals surface area contributed by atoms with Crippen LogP contribution in [0.15, 0.2) is 0 Å². The molecule has 17 heavy (non-hydrogen) atoms. The highest BCUT2D eigenvalue weighted by molar-refractivity contribution is 4.55. The molecule has 0 aromatic heterocycles. The van der Waals surface area contributed by atoms with Gasteiger partial charge in [0, 0.05) is 13.1 Å². The van der Waals surface area contributed by atoms with E-state index in [1.807, 2.05) is 0 Å². The number of nitrogens with zero attached hydrogens (tertiary/aromatic N) is 1. The number of nitrogens with one attached hydrogen (secondary N) is 1. The number of hydrogen-bond acceptors (Lipinski definition) is 2. The van der Waals surface area contributed by atoms with Gasteiger partial charge in [0.1, 0.15) is 0 Å². The van der Waals surface area contributed by atoms with Crippen LogP contribution in [-0.2, 0) is 0 Å². The quantitative estimate of drug-likeness (QED) is 0.496. The highest BCUT2D eigenvalue weighted by atomic mass is 15.1. The van der Waals surface area contributed by atoms with Gasteiger partial charge in [-0.3, -0.25) is 0 Å². The van der Waals surface area contributed by atoms with Gasteiger partial charge in [0.05, 0.1) is 0 Å². The monoisotopic (exact) mass is 242 g/mol. The topological polar surface area (TPSA) is 15.3 Å². The van der Waals surface area contributed by atoms with Crippen LogP contribution in [0.4, 0.5) is 0 Å². The summed E-state index contributed by atoms with van der Waals surface area (Å²) in [5.74, 6) is 0. The van der Waals surface area contributed by atoms with Crippen molar-refractivity contribution >= 4 is 0 Å². The minimum absolute atomic E-state index is 1.09. The lowest BCUT2D eigenvalue weighted by molar-refractivity contribution is 0.322. The molecule has 0 spiro atoms. The van der Waals surface area contributed by atoms with E-state index in [4.69, 9.17) is 0 Å². The molecule has 1 N–H and O–H groups in total. The van der Waals surface area contributed by atoms with Crippen molar-refractivity contribution in [2.45, 2.75) is 65.2 Å². The van der Waals surface area contributed by atoms with E-state index in [1.54, 1.807) is 0 Å². The van der Waals surface area contributed by atoms with Crippen LogP contribution < -0.4 is 5.32 Å². The van der Waals surface area contributed by atoms with Gasteiger partial charge in [0.25, 0.3) is 0 Å². The van der Waals surface area contributed by atoms with E-state index in [0.29, 0.717) is 0 Å². The second kappa shape index (κ2) is 14.0. The third-order valence-corrected chi connectivity index (χ3v) is 3.31. The molecule has 0 aromatic rings. The lowest BCUT2D eigenvalue weighted by Gasteiger charge is -2.16. The number of unbranched alkanes of at least 4 members (excludes halogenated alkanes) is 7. The first-order valence-electron chi connectivity index (χ1n) is 7.70. The fourth-order valence-corrected chi connectivity index (χ4v) is 2.07. The zero-order valence-electron chi connectivity index (χ0n) is 12.4. The molecule has 0 bridgehead atoms. The van der Waals surface area contributed by atoms with Crippen molar-refractivity contribution in [3.8, 4) is 0 Å². The predicted molar refractivity (Wildman–Crippen MR) is 78.7 cm³/mol. The Kier molecular flexibility index (Phi) is 13.9. The second-order valence-electron chi connectivity index (χ2n) is 5.13. The van der Waals surface area contributed by atoms with Crippen molar-refractivity contribution in [3.05, 3.63) is 0 Å². The Morgan fingerprint density at radius 2 is 1.35 bits per heavy atom. The normalized spacial score (nSPS) is 11.3. The van der Waals surface area contributed by atoms with Crippen molar-refractivity contribution in [1.29, 1.82) is 0 Å². The maximum atomic E-state index is 3.37. The summed E-state index contributed by atoms with van der Waals surface area (Å²) >= 11 is 0. The largest absolute Gasteiger partial charge is 0.316 e. The van der Waals surface area contributed by atoms with Gasteiger partial charge in [-0.2, -0.15) is 0 Å². The van der Waals surface area contributed by atoms with Crippen LogP contribution in [0.3, 0.4) is 0 Å². The highest BCUT2D eigenvalue weighted by Crippen LogP contribution is 2.08. The van der Waals surface area contributed by atoms with E-state index in [-0.39, 0.29) is 0 Å². The van der Waals surface area contributed by atoms with Crippen molar-refractivity contribution < 1.29 is 0 Å². The molecule has 0 unspecified atom stereocenters. The molecule has 0 saturated carbocycles. The fraction of sp³-hybridized carbons (Fsp3) is 1.00. The molecule has 104 valence electrons. The molecule has 0 saturated heterocycles. The summed E-state index contributed by atoms with van der Waals surface area (Å²) in [5, 5.41) is 3.37. The Hall–Kier alpha value is -0.0800. The molecule has 0 aliphatic rings. The Labute approximate surface area is 109 Å². The molecule has 0 radical (unpaired) electrons. The van der Waals surface area contributed by atoms with E-state index < -0.39 is 0 Å². The molecule has 2 nitrogen and oxygen atoms in total. The first-order valence-corrected chi connectivity index (χ1v) is 7.70. The van der Waals surface area contributed by atoms with Crippen LogP contribution in [0.25, 0.3) is 0 Å². The van der Waals surface area contributed by atoms with Gasteiger partial charge in [-0.1, -0.05) is 58.8 Å². The summed E-state index contributed by atoms with van der Waals surface area (Å²) in [6, 6.07) is 0. The lowest BCUT2D eigenvalue weighted by Crippen LogP contribution is -2.29. The van der Waals surface area contributed by atoms with Crippen molar-refractivity contribution in [3.63, 3.8) is 0 Å². The molecule has 2 heteroatoms. The third kappa shape index (κ3) is 13.9.